The van der Waals surface area contributed by atoms with Crippen LogP contribution in [-0.4, -0.2) is 8.80 Å². The van der Waals surface area contributed by atoms with Gasteiger partial charge in [-0.2, -0.15) is 0 Å². The summed E-state index contributed by atoms with van der Waals surface area (Å²) in [6, 6.07) is 1.53. The van der Waals surface area contributed by atoms with Crippen LogP contribution >= 0.6 is 0 Å². The van der Waals surface area contributed by atoms with Gasteiger partial charge in [0.05, 0.1) is 0 Å². The van der Waals surface area contributed by atoms with Gasteiger partial charge in [0, 0.05) is 8.80 Å². The summed E-state index contributed by atoms with van der Waals surface area (Å²) in [5.74, 6) is 0. The van der Waals surface area contributed by atoms with Gasteiger partial charge in [0.2, 0.25) is 0 Å². The SMILES string of the molecule is C[SiH](C)CCCC(C)(C)C. The lowest BCUT2D eigenvalue weighted by Gasteiger charge is -2.17. The highest BCUT2D eigenvalue weighted by molar-refractivity contribution is 6.55. The fourth-order valence-electron chi connectivity index (χ4n) is 1.04. The van der Waals surface area contributed by atoms with Crippen molar-refractivity contribution in [2.45, 2.75) is 52.8 Å². The largest absolute Gasteiger partial charge is 0.0722 e. The van der Waals surface area contributed by atoms with Gasteiger partial charge in [0.25, 0.3) is 0 Å². The van der Waals surface area contributed by atoms with E-state index in [1.807, 2.05) is 0 Å². The Balaban J connectivity index is 3.21. The molecule has 0 aromatic rings. The molecule has 0 heterocycles. The minimum atomic E-state index is -0.260. The molecule has 0 radical (unpaired) electrons. The van der Waals surface area contributed by atoms with Crippen molar-refractivity contribution in [1.82, 2.24) is 0 Å². The molecule has 0 unspecified atom stereocenters. The van der Waals surface area contributed by atoms with E-state index in [4.69, 9.17) is 0 Å². The van der Waals surface area contributed by atoms with Gasteiger partial charge in [-0.15, -0.1) is 0 Å². The summed E-state index contributed by atoms with van der Waals surface area (Å²) in [7, 11) is -0.260. The van der Waals surface area contributed by atoms with Crippen molar-refractivity contribution in [3.8, 4) is 0 Å². The van der Waals surface area contributed by atoms with Gasteiger partial charge >= 0.3 is 0 Å². The van der Waals surface area contributed by atoms with Crippen LogP contribution in [0.5, 0.6) is 0 Å². The van der Waals surface area contributed by atoms with Crippen LogP contribution in [-0.2, 0) is 0 Å². The summed E-state index contributed by atoms with van der Waals surface area (Å²) in [5.41, 5.74) is 0.559. The summed E-state index contributed by atoms with van der Waals surface area (Å²) < 4.78 is 0. The Bertz CT molecular complexity index is 79.2. The molecule has 0 spiro atoms. The Kier molecular flexibility index (Phi) is 4.26. The van der Waals surface area contributed by atoms with Gasteiger partial charge < -0.3 is 0 Å². The first kappa shape index (κ1) is 10.2. The molecule has 0 amide bonds. The number of hydrogen-bond donors (Lipinski definition) is 0. The van der Waals surface area contributed by atoms with E-state index in [0.717, 1.165) is 0 Å². The Morgan fingerprint density at radius 1 is 1.10 bits per heavy atom. The molecule has 0 aliphatic rings. The van der Waals surface area contributed by atoms with Crippen LogP contribution in [0.2, 0.25) is 19.1 Å². The standard InChI is InChI=1S/C9H22Si/c1-9(2,3)7-6-8-10(4)5/h10H,6-8H2,1-5H3. The number of hydrogen-bond acceptors (Lipinski definition) is 0. The number of rotatable bonds is 3. The first-order valence-electron chi connectivity index (χ1n) is 4.42. The molecule has 0 aromatic heterocycles. The lowest BCUT2D eigenvalue weighted by Crippen LogP contribution is -2.06. The summed E-state index contributed by atoms with van der Waals surface area (Å²) in [4.78, 5) is 0. The maximum atomic E-state index is 2.43. The zero-order valence-electron chi connectivity index (χ0n) is 8.20. The summed E-state index contributed by atoms with van der Waals surface area (Å²) in [6.45, 7) is 11.9. The van der Waals surface area contributed by atoms with E-state index in [0.29, 0.717) is 5.41 Å². The van der Waals surface area contributed by atoms with E-state index in [1.165, 1.54) is 18.9 Å². The van der Waals surface area contributed by atoms with Gasteiger partial charge in [-0.05, 0) is 11.8 Å². The average Bonchev–Trinajstić information content (AvgIpc) is 1.59. The first-order chi connectivity index (χ1) is 4.42. The van der Waals surface area contributed by atoms with Gasteiger partial charge in [0.1, 0.15) is 0 Å². The predicted octanol–water partition coefficient (Wildman–Crippen LogP) is 3.30. The molecule has 0 aromatic carbocycles. The van der Waals surface area contributed by atoms with E-state index in [1.54, 1.807) is 0 Å². The fraction of sp³-hybridized carbons (Fsp3) is 1.00. The molecule has 0 saturated heterocycles. The molecule has 0 atom stereocenters. The third-order valence-electron chi connectivity index (χ3n) is 1.71. The Morgan fingerprint density at radius 3 is 1.90 bits per heavy atom. The van der Waals surface area contributed by atoms with Crippen LogP contribution < -0.4 is 0 Å². The molecule has 0 bridgehead atoms. The van der Waals surface area contributed by atoms with Crippen molar-refractivity contribution >= 4 is 8.80 Å². The maximum Gasteiger partial charge on any atom is 0.0305 e. The zero-order valence-corrected chi connectivity index (χ0v) is 9.35. The minimum absolute atomic E-state index is 0.260. The fourth-order valence-corrected chi connectivity index (χ4v) is 2.06. The highest BCUT2D eigenvalue weighted by atomic mass is 28.3. The molecule has 0 nitrogen and oxygen atoms in total. The molecular weight excluding hydrogens is 136 g/mol. The van der Waals surface area contributed by atoms with E-state index in [2.05, 4.69) is 33.9 Å². The average molecular weight is 158 g/mol. The summed E-state index contributed by atoms with van der Waals surface area (Å²) >= 11 is 0. The quantitative estimate of drug-likeness (QED) is 0.553. The van der Waals surface area contributed by atoms with Crippen molar-refractivity contribution in [2.24, 2.45) is 5.41 Å². The van der Waals surface area contributed by atoms with Gasteiger partial charge in [-0.1, -0.05) is 46.3 Å². The lowest BCUT2D eigenvalue weighted by atomic mass is 9.91. The second kappa shape index (κ2) is 4.17. The van der Waals surface area contributed by atoms with Crippen molar-refractivity contribution in [2.75, 3.05) is 0 Å². The van der Waals surface area contributed by atoms with Crippen LogP contribution in [0.25, 0.3) is 0 Å². The van der Waals surface area contributed by atoms with Crippen LogP contribution in [0.3, 0.4) is 0 Å². The third-order valence-corrected chi connectivity index (χ3v) is 3.27. The topological polar surface area (TPSA) is 0 Å². The van der Waals surface area contributed by atoms with Gasteiger partial charge in [-0.3, -0.25) is 0 Å². The van der Waals surface area contributed by atoms with Crippen LogP contribution in [0.4, 0.5) is 0 Å². The van der Waals surface area contributed by atoms with Crippen molar-refractivity contribution in [3.63, 3.8) is 0 Å². The van der Waals surface area contributed by atoms with E-state index in [-0.39, 0.29) is 8.80 Å². The van der Waals surface area contributed by atoms with Crippen LogP contribution in [0.1, 0.15) is 33.6 Å². The third kappa shape index (κ3) is 8.22. The Morgan fingerprint density at radius 2 is 1.60 bits per heavy atom. The Hall–Kier alpha value is 0.217. The van der Waals surface area contributed by atoms with Gasteiger partial charge in [0.15, 0.2) is 0 Å². The lowest BCUT2D eigenvalue weighted by molar-refractivity contribution is 0.373. The van der Waals surface area contributed by atoms with E-state index >= 15 is 0 Å². The normalized spacial score (nSPS) is 12.6. The maximum absolute atomic E-state index is 2.43. The van der Waals surface area contributed by atoms with Crippen molar-refractivity contribution in [3.05, 3.63) is 0 Å². The van der Waals surface area contributed by atoms with Crippen LogP contribution in [0, 0.1) is 5.41 Å². The first-order valence-corrected chi connectivity index (χ1v) is 7.54. The Labute approximate surface area is 67.6 Å². The molecule has 1 heteroatoms. The molecule has 10 heavy (non-hydrogen) atoms. The molecule has 0 fully saturated rings. The van der Waals surface area contributed by atoms with E-state index in [9.17, 15) is 0 Å². The highest BCUT2D eigenvalue weighted by Gasteiger charge is 2.09. The smallest absolute Gasteiger partial charge is 0.0305 e. The predicted molar refractivity (Wildman–Crippen MR) is 52.4 cm³/mol. The molecule has 0 aliphatic carbocycles. The molecule has 0 aliphatic heterocycles. The molecule has 0 N–H and O–H groups in total. The van der Waals surface area contributed by atoms with Crippen molar-refractivity contribution in [1.29, 1.82) is 0 Å². The molecule has 62 valence electrons. The molecular formula is C9H22Si. The second-order valence-electron chi connectivity index (χ2n) is 4.85. The second-order valence-corrected chi connectivity index (χ2v) is 8.21. The zero-order chi connectivity index (χ0) is 8.20. The summed E-state index contributed by atoms with van der Waals surface area (Å²) in [6.07, 6.45) is 2.85. The van der Waals surface area contributed by atoms with Gasteiger partial charge in [-0.25, -0.2) is 0 Å². The monoisotopic (exact) mass is 158 g/mol. The van der Waals surface area contributed by atoms with Crippen LogP contribution in [0.15, 0.2) is 0 Å². The van der Waals surface area contributed by atoms with Crippen molar-refractivity contribution < 1.29 is 0 Å². The molecule has 0 saturated carbocycles. The molecule has 0 rings (SSSR count). The summed E-state index contributed by atoms with van der Waals surface area (Å²) in [5, 5.41) is 0. The van der Waals surface area contributed by atoms with E-state index < -0.39 is 0 Å². The highest BCUT2D eigenvalue weighted by Crippen LogP contribution is 2.22. The minimum Gasteiger partial charge on any atom is -0.0722 e.